The summed E-state index contributed by atoms with van der Waals surface area (Å²) in [6.45, 7) is 3.22. The van der Waals surface area contributed by atoms with Gasteiger partial charge in [-0.15, -0.1) is 10.2 Å². The minimum atomic E-state index is -0.00996. The molecule has 7 heteroatoms. The van der Waals surface area contributed by atoms with Gasteiger partial charge in [-0.1, -0.05) is 18.2 Å². The molecule has 0 aliphatic carbocycles. The molecule has 1 aliphatic rings. The first-order valence-corrected chi connectivity index (χ1v) is 8.96. The van der Waals surface area contributed by atoms with Crippen molar-refractivity contribution >= 4 is 5.91 Å². The van der Waals surface area contributed by atoms with Crippen LogP contribution < -0.4 is 5.32 Å². The summed E-state index contributed by atoms with van der Waals surface area (Å²) in [7, 11) is 0. The number of aryl methyl sites for hydroxylation is 2. The Bertz CT molecular complexity index is 898. The number of nitrogens with zero attached hydrogens (tertiary/aromatic N) is 5. The number of amides is 1. The lowest BCUT2D eigenvalue weighted by Crippen LogP contribution is -2.37. The van der Waals surface area contributed by atoms with E-state index >= 15 is 0 Å². The van der Waals surface area contributed by atoms with Gasteiger partial charge in [-0.05, 0) is 37.5 Å². The topological polar surface area (TPSA) is 77.6 Å². The third-order valence-corrected chi connectivity index (χ3v) is 4.87. The van der Waals surface area contributed by atoms with Gasteiger partial charge in [-0.3, -0.25) is 4.79 Å². The van der Waals surface area contributed by atoms with Crippen LogP contribution in [0.2, 0.25) is 0 Å². The van der Waals surface area contributed by atoms with Gasteiger partial charge in [0, 0.05) is 25.7 Å². The molecule has 3 heterocycles. The number of fused-ring (bicyclic) bond motifs is 1. The molecule has 7 nitrogen and oxygen atoms in total. The van der Waals surface area contributed by atoms with Crippen molar-refractivity contribution in [3.8, 4) is 5.69 Å². The lowest BCUT2D eigenvalue weighted by Gasteiger charge is -2.23. The normalized spacial score (nSPS) is 16.3. The van der Waals surface area contributed by atoms with Gasteiger partial charge in [0.2, 0.25) is 5.91 Å². The highest BCUT2D eigenvalue weighted by Crippen LogP contribution is 2.20. The number of carbonyl (C=O) groups excluding carboxylic acids is 1. The minimum Gasteiger partial charge on any atom is -0.355 e. The Balaban J connectivity index is 1.29. The molecule has 0 bridgehead atoms. The highest BCUT2D eigenvalue weighted by molar-refractivity contribution is 5.78. The van der Waals surface area contributed by atoms with Crippen molar-refractivity contribution in [1.82, 2.24) is 29.9 Å². The molecule has 4 rings (SSSR count). The van der Waals surface area contributed by atoms with Crippen LogP contribution in [0.25, 0.3) is 5.69 Å². The van der Waals surface area contributed by atoms with Crippen LogP contribution in [-0.2, 0) is 24.2 Å². The fourth-order valence-corrected chi connectivity index (χ4v) is 3.36. The monoisotopic (exact) mass is 350 g/mol. The summed E-state index contributed by atoms with van der Waals surface area (Å²) < 4.78 is 3.91. The van der Waals surface area contributed by atoms with Crippen LogP contribution in [0.15, 0.2) is 42.7 Å². The van der Waals surface area contributed by atoms with Gasteiger partial charge >= 0.3 is 0 Å². The Hall–Kier alpha value is -2.96. The summed E-state index contributed by atoms with van der Waals surface area (Å²) in [5, 5.41) is 15.7. The summed E-state index contributed by atoms with van der Waals surface area (Å²) in [4.78, 5) is 12.5. The zero-order valence-corrected chi connectivity index (χ0v) is 14.8. The average molecular weight is 350 g/mol. The molecule has 0 radical (unpaired) electrons. The largest absolute Gasteiger partial charge is 0.355 e. The van der Waals surface area contributed by atoms with E-state index in [-0.39, 0.29) is 11.8 Å². The molecule has 1 atom stereocenters. The average Bonchev–Trinajstić information content (AvgIpc) is 3.29. The lowest BCUT2D eigenvalue weighted by molar-refractivity contribution is -0.125. The summed E-state index contributed by atoms with van der Waals surface area (Å²) in [5.74, 6) is 1.97. The van der Waals surface area contributed by atoms with E-state index in [2.05, 4.69) is 25.2 Å². The summed E-state index contributed by atoms with van der Waals surface area (Å²) in [6.07, 6.45) is 6.27. The highest BCUT2D eigenvalue weighted by Gasteiger charge is 2.26. The molecule has 1 aliphatic heterocycles. The number of aromatic nitrogens is 5. The van der Waals surface area contributed by atoms with Crippen LogP contribution in [0.5, 0.6) is 0 Å². The number of rotatable bonds is 5. The van der Waals surface area contributed by atoms with E-state index in [9.17, 15) is 4.79 Å². The Morgan fingerprint density at radius 2 is 2.12 bits per heavy atom. The molecule has 0 saturated heterocycles. The van der Waals surface area contributed by atoms with Crippen molar-refractivity contribution in [3.63, 3.8) is 0 Å². The quantitative estimate of drug-likeness (QED) is 0.760. The van der Waals surface area contributed by atoms with Gasteiger partial charge < -0.3 is 9.88 Å². The van der Waals surface area contributed by atoms with E-state index in [1.165, 1.54) is 0 Å². The maximum Gasteiger partial charge on any atom is 0.224 e. The third-order valence-electron chi connectivity index (χ3n) is 4.87. The SMILES string of the molecule is Cc1nnc2n1CC(C(=O)NCCc1cnn(-c3ccccc3)c1)CC2. The standard InChI is InChI=1S/C19H22N6O/c1-14-22-23-18-8-7-16(13-24(14)18)19(26)20-10-9-15-11-21-25(12-15)17-5-3-2-4-6-17/h2-6,11-12,16H,7-10,13H2,1H3,(H,20,26). The predicted molar refractivity (Wildman–Crippen MR) is 96.8 cm³/mol. The van der Waals surface area contributed by atoms with Crippen LogP contribution in [0.1, 0.15) is 23.6 Å². The van der Waals surface area contributed by atoms with Crippen molar-refractivity contribution in [3.05, 3.63) is 59.9 Å². The highest BCUT2D eigenvalue weighted by atomic mass is 16.1. The fraction of sp³-hybridized carbons (Fsp3) is 0.368. The van der Waals surface area contributed by atoms with Gasteiger partial charge in [0.1, 0.15) is 11.6 Å². The second kappa shape index (κ2) is 7.11. The Morgan fingerprint density at radius 3 is 2.96 bits per heavy atom. The molecule has 1 amide bonds. The summed E-state index contributed by atoms with van der Waals surface area (Å²) in [6, 6.07) is 10.00. The number of hydrogen-bond acceptors (Lipinski definition) is 4. The van der Waals surface area contributed by atoms with Gasteiger partial charge in [-0.25, -0.2) is 4.68 Å². The second-order valence-electron chi connectivity index (χ2n) is 6.68. The summed E-state index contributed by atoms with van der Waals surface area (Å²) >= 11 is 0. The molecule has 0 saturated carbocycles. The zero-order valence-electron chi connectivity index (χ0n) is 14.8. The van der Waals surface area contributed by atoms with Crippen LogP contribution in [0, 0.1) is 12.8 Å². The van der Waals surface area contributed by atoms with Crippen molar-refractivity contribution in [2.45, 2.75) is 32.7 Å². The number of para-hydroxylation sites is 1. The number of carbonyl (C=O) groups is 1. The van der Waals surface area contributed by atoms with Gasteiger partial charge in [0.25, 0.3) is 0 Å². The molecule has 1 N–H and O–H groups in total. The molecule has 134 valence electrons. The molecular formula is C19H22N6O. The van der Waals surface area contributed by atoms with Crippen molar-refractivity contribution in [2.24, 2.45) is 5.92 Å². The van der Waals surface area contributed by atoms with Gasteiger partial charge in [0.05, 0.1) is 17.8 Å². The van der Waals surface area contributed by atoms with Crippen molar-refractivity contribution in [2.75, 3.05) is 6.54 Å². The molecule has 2 aromatic heterocycles. The van der Waals surface area contributed by atoms with E-state index in [0.29, 0.717) is 13.1 Å². The Labute approximate surface area is 152 Å². The van der Waals surface area contributed by atoms with Crippen molar-refractivity contribution in [1.29, 1.82) is 0 Å². The molecule has 1 unspecified atom stereocenters. The van der Waals surface area contributed by atoms with E-state index < -0.39 is 0 Å². The van der Waals surface area contributed by atoms with Crippen molar-refractivity contribution < 1.29 is 4.79 Å². The number of nitrogens with one attached hydrogen (secondary N) is 1. The molecule has 0 spiro atoms. The van der Waals surface area contributed by atoms with Gasteiger partial charge in [-0.2, -0.15) is 5.10 Å². The first-order valence-electron chi connectivity index (χ1n) is 8.96. The first kappa shape index (κ1) is 16.5. The lowest BCUT2D eigenvalue weighted by atomic mass is 9.98. The van der Waals surface area contributed by atoms with E-state index in [0.717, 1.165) is 42.2 Å². The minimum absolute atomic E-state index is 0.00996. The second-order valence-corrected chi connectivity index (χ2v) is 6.68. The number of hydrogen-bond donors (Lipinski definition) is 1. The Kier molecular flexibility index (Phi) is 4.51. The predicted octanol–water partition coefficient (Wildman–Crippen LogP) is 1.69. The Morgan fingerprint density at radius 1 is 1.27 bits per heavy atom. The summed E-state index contributed by atoms with van der Waals surface area (Å²) in [5.41, 5.74) is 2.14. The smallest absolute Gasteiger partial charge is 0.224 e. The molecule has 0 fully saturated rings. The fourth-order valence-electron chi connectivity index (χ4n) is 3.36. The molecule has 3 aromatic rings. The number of benzene rings is 1. The van der Waals surface area contributed by atoms with Crippen LogP contribution in [0.4, 0.5) is 0 Å². The molecular weight excluding hydrogens is 328 g/mol. The van der Waals surface area contributed by atoms with E-state index in [1.54, 1.807) is 0 Å². The van der Waals surface area contributed by atoms with Crippen LogP contribution in [-0.4, -0.2) is 37.0 Å². The van der Waals surface area contributed by atoms with E-state index in [4.69, 9.17) is 0 Å². The molecule has 1 aromatic carbocycles. The molecule has 26 heavy (non-hydrogen) atoms. The van der Waals surface area contributed by atoms with Crippen LogP contribution >= 0.6 is 0 Å². The first-order chi connectivity index (χ1) is 12.7. The third kappa shape index (κ3) is 3.37. The van der Waals surface area contributed by atoms with E-state index in [1.807, 2.05) is 54.3 Å². The van der Waals surface area contributed by atoms with Gasteiger partial charge in [0.15, 0.2) is 0 Å². The maximum absolute atomic E-state index is 12.5. The zero-order chi connectivity index (χ0) is 17.9. The van der Waals surface area contributed by atoms with Crippen LogP contribution in [0.3, 0.4) is 0 Å². The maximum atomic E-state index is 12.5.